The number of para-hydroxylation sites is 1. The number of nitrogens with zero attached hydrogens (tertiary/aromatic N) is 2. The lowest BCUT2D eigenvalue weighted by molar-refractivity contribution is 0.535. The van der Waals surface area contributed by atoms with Crippen LogP contribution < -0.4 is 31.6 Å². The summed E-state index contributed by atoms with van der Waals surface area (Å²) in [5.74, 6) is 0.589. The first-order chi connectivity index (χ1) is 23.7. The Morgan fingerprint density at radius 2 is 1.17 bits per heavy atom. The highest BCUT2D eigenvalue weighted by Crippen LogP contribution is 2.50. The molecule has 2 aliphatic rings. The van der Waals surface area contributed by atoms with Crippen molar-refractivity contribution in [1.82, 2.24) is 4.98 Å². The fraction of sp³-hybridized carbons (Fsp3) is 0.0930. The van der Waals surface area contributed by atoms with E-state index in [9.17, 15) is 4.89 Å². The van der Waals surface area contributed by atoms with Crippen LogP contribution in [-0.2, 0) is 0 Å². The zero-order valence-corrected chi connectivity index (χ0v) is 27.5. The first-order valence-electron chi connectivity index (χ1n) is 16.5. The van der Waals surface area contributed by atoms with Gasteiger partial charge in [0, 0.05) is 28.2 Å². The molecule has 0 atom stereocenters. The van der Waals surface area contributed by atoms with Crippen LogP contribution >= 0.6 is 7.49 Å². The van der Waals surface area contributed by atoms with Gasteiger partial charge in [-0.05, 0) is 110 Å². The maximum atomic E-state index is 12.3. The molecule has 4 nitrogen and oxygen atoms in total. The Morgan fingerprint density at radius 3 is 1.79 bits per heavy atom. The van der Waals surface area contributed by atoms with Crippen LogP contribution in [0.25, 0.3) is 23.1 Å². The summed E-state index contributed by atoms with van der Waals surface area (Å²) in [7, 11) is -2.81. The van der Waals surface area contributed by atoms with Gasteiger partial charge in [0.1, 0.15) is 21.3 Å². The quantitative estimate of drug-likeness (QED) is 0.173. The molecule has 1 heterocycles. The van der Waals surface area contributed by atoms with E-state index in [0.717, 1.165) is 74.9 Å². The molecule has 234 valence electrons. The number of fused-ring (bicyclic) bond motifs is 1. The molecular weight excluding hydrogens is 607 g/mol. The zero-order valence-electron chi connectivity index (χ0n) is 26.6. The van der Waals surface area contributed by atoms with Gasteiger partial charge in [-0.25, -0.2) is 9.88 Å². The Kier molecular flexibility index (Phi) is 8.20. The summed E-state index contributed by atoms with van der Waals surface area (Å²) in [6, 6.07) is 47.4. The standard InChI is InChI=1S/C43H36N2O2P/c46-48(37-18-9-3-10-19-37,38-20-11-4-12-21-38)39-30-26-33(27-31-39)43-44-41-23-13-22-40(42(41)47-43)32-24-28-36(29-25-32)45(34-14-5-1-6-15-34)35-16-7-2-8-17-35/h1,3-7,9-12,14-21,23-31,46H,2,8,13,22H2/q+1. The van der Waals surface area contributed by atoms with Gasteiger partial charge in [-0.1, -0.05) is 85.0 Å². The molecule has 5 aromatic carbocycles. The second-order valence-corrected chi connectivity index (χ2v) is 15.0. The highest BCUT2D eigenvalue weighted by Gasteiger charge is 2.44. The van der Waals surface area contributed by atoms with E-state index in [1.807, 2.05) is 84.9 Å². The van der Waals surface area contributed by atoms with E-state index in [2.05, 4.69) is 83.8 Å². The van der Waals surface area contributed by atoms with Crippen molar-refractivity contribution in [2.45, 2.75) is 25.7 Å². The maximum Gasteiger partial charge on any atom is 0.238 e. The molecular formula is C43H36N2O2P+. The highest BCUT2D eigenvalue weighted by molar-refractivity contribution is 7.91. The van der Waals surface area contributed by atoms with Crippen LogP contribution in [-0.4, -0.2) is 9.88 Å². The van der Waals surface area contributed by atoms with E-state index in [4.69, 9.17) is 9.40 Å². The van der Waals surface area contributed by atoms with E-state index in [0.29, 0.717) is 5.89 Å². The number of rotatable bonds is 8. The second-order valence-electron chi connectivity index (χ2n) is 12.1. The van der Waals surface area contributed by atoms with Gasteiger partial charge in [0.2, 0.25) is 13.4 Å². The third kappa shape index (κ3) is 5.64. The summed E-state index contributed by atoms with van der Waals surface area (Å²) in [6.45, 7) is 0. The third-order valence-electron chi connectivity index (χ3n) is 9.13. The lowest BCUT2D eigenvalue weighted by Crippen LogP contribution is -2.30. The molecule has 48 heavy (non-hydrogen) atoms. The molecule has 0 aliphatic heterocycles. The molecule has 0 radical (unpaired) electrons. The van der Waals surface area contributed by atoms with Gasteiger partial charge in [-0.2, -0.15) is 0 Å². The van der Waals surface area contributed by atoms with Crippen molar-refractivity contribution in [3.63, 3.8) is 0 Å². The Balaban J connectivity index is 1.13. The van der Waals surface area contributed by atoms with Crippen LogP contribution in [0, 0.1) is 0 Å². The fourth-order valence-electron chi connectivity index (χ4n) is 6.71. The molecule has 6 aromatic rings. The van der Waals surface area contributed by atoms with Gasteiger partial charge in [0.25, 0.3) is 0 Å². The average molecular weight is 644 g/mol. The van der Waals surface area contributed by atoms with Crippen molar-refractivity contribution >= 4 is 46.4 Å². The van der Waals surface area contributed by atoms with Crippen molar-refractivity contribution in [3.05, 3.63) is 180 Å². The number of benzene rings is 5. The molecule has 0 spiro atoms. The first-order valence-corrected chi connectivity index (χ1v) is 18.3. The molecule has 0 fully saturated rings. The number of hydrogen-bond donors (Lipinski definition) is 1. The number of allylic oxidation sites excluding steroid dienone is 3. The Bertz CT molecular complexity index is 2180. The SMILES string of the molecule is O[P+](c1ccccc1)(c1ccccc1)c1ccc(-c2nc3c(o2)=C(c2ccc(N(C4=CCCC=C4)c4ccccc4)cc2)CCC=3)cc1. The van der Waals surface area contributed by atoms with E-state index < -0.39 is 7.49 Å². The summed E-state index contributed by atoms with van der Waals surface area (Å²) >= 11 is 0. The van der Waals surface area contributed by atoms with Crippen LogP contribution in [0.1, 0.15) is 31.2 Å². The van der Waals surface area contributed by atoms with Crippen LogP contribution in [0.15, 0.2) is 168 Å². The number of anilines is 2. The molecule has 0 saturated carbocycles. The fourth-order valence-corrected chi connectivity index (χ4v) is 9.39. The predicted octanol–water partition coefficient (Wildman–Crippen LogP) is 7.69. The van der Waals surface area contributed by atoms with Crippen molar-refractivity contribution in [2.24, 2.45) is 0 Å². The van der Waals surface area contributed by atoms with Gasteiger partial charge in [0.05, 0.1) is 0 Å². The van der Waals surface area contributed by atoms with Crippen molar-refractivity contribution < 1.29 is 9.31 Å². The zero-order chi connectivity index (χ0) is 32.3. The third-order valence-corrected chi connectivity index (χ3v) is 12.3. The smallest absolute Gasteiger partial charge is 0.238 e. The maximum absolute atomic E-state index is 12.3. The average Bonchev–Trinajstić information content (AvgIpc) is 3.62. The van der Waals surface area contributed by atoms with Crippen molar-refractivity contribution in [3.8, 4) is 11.5 Å². The predicted molar refractivity (Wildman–Crippen MR) is 200 cm³/mol. The van der Waals surface area contributed by atoms with Gasteiger partial charge in [-0.15, -0.1) is 0 Å². The highest BCUT2D eigenvalue weighted by atomic mass is 31.2. The summed E-state index contributed by atoms with van der Waals surface area (Å²) in [5.41, 5.74) is 7.50. The molecule has 1 N–H and O–H groups in total. The van der Waals surface area contributed by atoms with E-state index in [-0.39, 0.29) is 0 Å². The lowest BCUT2D eigenvalue weighted by atomic mass is 9.97. The molecule has 8 rings (SSSR count). The molecule has 0 bridgehead atoms. The molecule has 2 aliphatic carbocycles. The summed E-state index contributed by atoms with van der Waals surface area (Å²) in [6.07, 6.45) is 12.9. The topological polar surface area (TPSA) is 49.5 Å². The van der Waals surface area contributed by atoms with Gasteiger partial charge < -0.3 is 9.32 Å². The van der Waals surface area contributed by atoms with Crippen molar-refractivity contribution in [1.29, 1.82) is 0 Å². The van der Waals surface area contributed by atoms with Crippen LogP contribution in [0.5, 0.6) is 0 Å². The minimum atomic E-state index is -2.81. The summed E-state index contributed by atoms with van der Waals surface area (Å²) in [5, 5.41) is 3.63. The van der Waals surface area contributed by atoms with Gasteiger partial charge >= 0.3 is 0 Å². The van der Waals surface area contributed by atoms with E-state index in [1.54, 1.807) is 0 Å². The molecule has 0 saturated heterocycles. The van der Waals surface area contributed by atoms with Crippen molar-refractivity contribution in [2.75, 3.05) is 4.90 Å². The molecule has 0 amide bonds. The van der Waals surface area contributed by atoms with Crippen LogP contribution in [0.3, 0.4) is 0 Å². The van der Waals surface area contributed by atoms with E-state index in [1.165, 1.54) is 11.3 Å². The monoisotopic (exact) mass is 643 g/mol. The number of oxazole rings is 1. The largest absolute Gasteiger partial charge is 0.436 e. The number of hydrogen-bond acceptors (Lipinski definition) is 4. The number of aromatic nitrogens is 1. The summed E-state index contributed by atoms with van der Waals surface area (Å²) in [4.78, 5) is 19.6. The van der Waals surface area contributed by atoms with E-state index >= 15 is 0 Å². The second kappa shape index (κ2) is 13.1. The Hall–Kier alpha value is -5.28. The van der Waals surface area contributed by atoms with Gasteiger partial charge in [-0.3, -0.25) is 0 Å². The first kappa shape index (κ1) is 30.1. The lowest BCUT2D eigenvalue weighted by Gasteiger charge is -2.27. The summed E-state index contributed by atoms with van der Waals surface area (Å²) < 4.78 is 6.53. The Morgan fingerprint density at radius 1 is 0.583 bits per heavy atom. The van der Waals surface area contributed by atoms with Gasteiger partial charge in [0.15, 0.2) is 5.42 Å². The minimum absolute atomic E-state index is 0.589. The molecule has 5 heteroatoms. The van der Waals surface area contributed by atoms with Crippen LogP contribution in [0.4, 0.5) is 11.4 Å². The van der Waals surface area contributed by atoms with Crippen LogP contribution in [0.2, 0.25) is 0 Å². The minimum Gasteiger partial charge on any atom is -0.436 e. The molecule has 1 aromatic heterocycles. The normalized spacial score (nSPS) is 14.2. The molecule has 0 unspecified atom stereocenters. The Labute approximate surface area is 281 Å².